The van der Waals surface area contributed by atoms with Gasteiger partial charge in [-0.2, -0.15) is 0 Å². The van der Waals surface area contributed by atoms with Crippen LogP contribution in [-0.4, -0.2) is 43.8 Å². The molecular formula is C28H46O4. The van der Waals surface area contributed by atoms with Gasteiger partial charge in [0.15, 0.2) is 0 Å². The fourth-order valence-electron chi connectivity index (χ4n) is 8.11. The van der Waals surface area contributed by atoms with Gasteiger partial charge in [-0.25, -0.2) is 0 Å². The first-order chi connectivity index (χ1) is 14.8. The van der Waals surface area contributed by atoms with Crippen LogP contribution >= 0.6 is 0 Å². The molecule has 0 aromatic carbocycles. The second kappa shape index (κ2) is 7.93. The molecule has 0 bridgehead atoms. The van der Waals surface area contributed by atoms with E-state index in [9.17, 15) is 20.4 Å². The number of fused-ring (bicyclic) bond motifs is 5. The normalized spacial score (nSPS) is 50.5. The highest BCUT2D eigenvalue weighted by molar-refractivity contribution is 5.39. The Morgan fingerprint density at radius 1 is 0.906 bits per heavy atom. The Morgan fingerprint density at radius 2 is 1.56 bits per heavy atom. The summed E-state index contributed by atoms with van der Waals surface area (Å²) >= 11 is 0. The summed E-state index contributed by atoms with van der Waals surface area (Å²) in [6.45, 7) is 13.4. The molecule has 0 radical (unpaired) electrons. The van der Waals surface area contributed by atoms with Gasteiger partial charge in [0.2, 0.25) is 0 Å². The van der Waals surface area contributed by atoms with Crippen molar-refractivity contribution in [3.8, 4) is 0 Å². The molecule has 0 aliphatic heterocycles. The second-order valence-electron chi connectivity index (χ2n) is 12.7. The van der Waals surface area contributed by atoms with Gasteiger partial charge >= 0.3 is 0 Å². The van der Waals surface area contributed by atoms with E-state index in [0.29, 0.717) is 36.5 Å². The molecule has 4 rings (SSSR count). The van der Waals surface area contributed by atoms with E-state index in [4.69, 9.17) is 0 Å². The molecule has 4 heteroatoms. The van der Waals surface area contributed by atoms with E-state index in [0.717, 1.165) is 31.3 Å². The Morgan fingerprint density at radius 3 is 2.22 bits per heavy atom. The number of aliphatic hydroxyl groups excluding tert-OH is 2. The summed E-state index contributed by atoms with van der Waals surface area (Å²) in [6.07, 6.45) is 9.94. The van der Waals surface area contributed by atoms with Crippen LogP contribution in [0.3, 0.4) is 0 Å². The summed E-state index contributed by atoms with van der Waals surface area (Å²) in [7, 11) is 0. The smallest absolute Gasteiger partial charge is 0.102 e. The van der Waals surface area contributed by atoms with E-state index in [-0.39, 0.29) is 17.8 Å². The average Bonchev–Trinajstić information content (AvgIpc) is 3.00. The van der Waals surface area contributed by atoms with Crippen molar-refractivity contribution in [2.24, 2.45) is 40.4 Å². The maximum atomic E-state index is 12.3. The summed E-state index contributed by atoms with van der Waals surface area (Å²) in [6, 6.07) is 0. The standard InChI is InChI=1S/C28H46O4/c1-17(2)18(3)7-8-19(4)21-11-14-27(31)23-15-24(30)28(32)16-20(29)9-12-26(28,6)22(23)10-13-25(21,27)5/h7-8,15,17-22,24,29-32H,9-14,16H2,1-6H3/t18-,19+,20-,21+,22-,24+,25+,26+,27+,28-/m0/s1. The lowest BCUT2D eigenvalue weighted by atomic mass is 9.44. The third-order valence-corrected chi connectivity index (χ3v) is 10.9. The lowest BCUT2D eigenvalue weighted by Crippen LogP contribution is -2.67. The van der Waals surface area contributed by atoms with Gasteiger partial charge in [0.05, 0.1) is 11.7 Å². The molecule has 0 aromatic rings. The van der Waals surface area contributed by atoms with E-state index >= 15 is 0 Å². The number of rotatable bonds is 4. The summed E-state index contributed by atoms with van der Waals surface area (Å²) in [5.74, 6) is 1.98. The molecule has 32 heavy (non-hydrogen) atoms. The van der Waals surface area contributed by atoms with E-state index in [1.165, 1.54) is 0 Å². The maximum absolute atomic E-state index is 12.3. The van der Waals surface area contributed by atoms with E-state index in [1.54, 1.807) is 6.08 Å². The van der Waals surface area contributed by atoms with Gasteiger partial charge in [-0.1, -0.05) is 59.8 Å². The van der Waals surface area contributed by atoms with Crippen molar-refractivity contribution >= 4 is 0 Å². The Labute approximate surface area is 194 Å². The lowest BCUT2D eigenvalue weighted by molar-refractivity contribution is -0.219. The van der Waals surface area contributed by atoms with Crippen LogP contribution in [0.5, 0.6) is 0 Å². The average molecular weight is 447 g/mol. The van der Waals surface area contributed by atoms with Crippen molar-refractivity contribution in [3.63, 3.8) is 0 Å². The summed E-state index contributed by atoms with van der Waals surface area (Å²) in [5.41, 5.74) is -2.06. The van der Waals surface area contributed by atoms with Crippen molar-refractivity contribution < 1.29 is 20.4 Å². The molecule has 4 N–H and O–H groups in total. The van der Waals surface area contributed by atoms with Crippen LogP contribution in [0.15, 0.2) is 23.8 Å². The molecule has 0 aromatic heterocycles. The predicted molar refractivity (Wildman–Crippen MR) is 128 cm³/mol. The van der Waals surface area contributed by atoms with Crippen molar-refractivity contribution in [1.29, 1.82) is 0 Å². The van der Waals surface area contributed by atoms with Gasteiger partial charge in [0.1, 0.15) is 11.7 Å². The Bertz CT molecular complexity index is 788. The number of hydrogen-bond acceptors (Lipinski definition) is 4. The van der Waals surface area contributed by atoms with E-state index < -0.39 is 28.8 Å². The molecule has 3 saturated carbocycles. The zero-order chi connectivity index (χ0) is 23.7. The van der Waals surface area contributed by atoms with Crippen LogP contribution in [0.4, 0.5) is 0 Å². The first-order valence-corrected chi connectivity index (χ1v) is 13.0. The van der Waals surface area contributed by atoms with Crippen LogP contribution in [0.25, 0.3) is 0 Å². The van der Waals surface area contributed by atoms with Crippen molar-refractivity contribution in [1.82, 2.24) is 0 Å². The van der Waals surface area contributed by atoms with Gasteiger partial charge < -0.3 is 20.4 Å². The lowest BCUT2D eigenvalue weighted by Gasteiger charge is -2.63. The molecule has 0 saturated heterocycles. The topological polar surface area (TPSA) is 80.9 Å². The molecule has 0 amide bonds. The molecule has 182 valence electrons. The number of hydrogen-bond donors (Lipinski definition) is 4. The zero-order valence-corrected chi connectivity index (χ0v) is 21.0. The highest BCUT2D eigenvalue weighted by Gasteiger charge is 2.69. The third kappa shape index (κ3) is 3.23. The third-order valence-electron chi connectivity index (χ3n) is 10.9. The quantitative estimate of drug-likeness (QED) is 0.475. The minimum absolute atomic E-state index is 0.0482. The molecular weight excluding hydrogens is 400 g/mol. The highest BCUT2D eigenvalue weighted by atomic mass is 16.3. The van der Waals surface area contributed by atoms with Gasteiger partial charge in [0, 0.05) is 17.3 Å². The molecule has 4 aliphatic carbocycles. The maximum Gasteiger partial charge on any atom is 0.102 e. The first kappa shape index (κ1) is 24.4. The van der Waals surface area contributed by atoms with Crippen LogP contribution < -0.4 is 0 Å². The van der Waals surface area contributed by atoms with Gasteiger partial charge in [-0.3, -0.25) is 0 Å². The Hall–Kier alpha value is -0.680. The van der Waals surface area contributed by atoms with Gasteiger partial charge in [-0.05, 0) is 73.7 Å². The second-order valence-corrected chi connectivity index (χ2v) is 12.7. The van der Waals surface area contributed by atoms with Crippen molar-refractivity contribution in [2.75, 3.05) is 0 Å². The number of allylic oxidation sites excluding steroid dienone is 2. The first-order valence-electron chi connectivity index (χ1n) is 13.0. The number of aliphatic hydroxyl groups is 4. The summed E-state index contributed by atoms with van der Waals surface area (Å²) < 4.78 is 0. The monoisotopic (exact) mass is 446 g/mol. The van der Waals surface area contributed by atoms with Crippen LogP contribution in [0.1, 0.15) is 86.5 Å². The summed E-state index contributed by atoms with van der Waals surface area (Å²) in [5, 5.41) is 45.2. The predicted octanol–water partition coefficient (Wildman–Crippen LogP) is 4.61. The fraction of sp³-hybridized carbons (Fsp3) is 0.857. The molecule has 10 atom stereocenters. The van der Waals surface area contributed by atoms with Crippen molar-refractivity contribution in [3.05, 3.63) is 23.8 Å². The Balaban J connectivity index is 1.67. The SMILES string of the molecule is CC(C)[C@@H](C)C=C[C@@H](C)[C@H]1CC[C@@]2(O)C3=C[C@@H](O)[C@@]4(O)C[C@@H](O)CC[C@]4(C)[C@H]3CC[C@]12C. The van der Waals surface area contributed by atoms with Gasteiger partial charge in [-0.15, -0.1) is 0 Å². The highest BCUT2D eigenvalue weighted by Crippen LogP contribution is 2.69. The Kier molecular flexibility index (Phi) is 6.06. The molecule has 4 aliphatic rings. The van der Waals surface area contributed by atoms with Gasteiger partial charge in [0.25, 0.3) is 0 Å². The molecule has 4 nitrogen and oxygen atoms in total. The molecule has 0 spiro atoms. The molecule has 3 fully saturated rings. The summed E-state index contributed by atoms with van der Waals surface area (Å²) in [4.78, 5) is 0. The van der Waals surface area contributed by atoms with E-state index in [2.05, 4.69) is 53.7 Å². The molecule has 0 unspecified atom stereocenters. The van der Waals surface area contributed by atoms with Crippen LogP contribution in [0.2, 0.25) is 0 Å². The minimum atomic E-state index is -1.33. The van der Waals surface area contributed by atoms with Crippen LogP contribution in [-0.2, 0) is 0 Å². The van der Waals surface area contributed by atoms with Crippen LogP contribution in [0, 0.1) is 40.4 Å². The van der Waals surface area contributed by atoms with Crippen molar-refractivity contribution in [2.45, 2.75) is 110 Å². The minimum Gasteiger partial charge on any atom is -0.393 e. The largest absolute Gasteiger partial charge is 0.393 e. The zero-order valence-electron chi connectivity index (χ0n) is 21.0. The molecule has 0 heterocycles. The fourth-order valence-corrected chi connectivity index (χ4v) is 8.11. The van der Waals surface area contributed by atoms with E-state index in [1.807, 2.05) is 0 Å².